The fourth-order valence-electron chi connectivity index (χ4n) is 7.33. The fourth-order valence-corrected chi connectivity index (χ4v) is 7.33. The van der Waals surface area contributed by atoms with Crippen molar-refractivity contribution in [3.05, 3.63) is 89.8 Å². The Morgan fingerprint density at radius 2 is 1.58 bits per heavy atom. The van der Waals surface area contributed by atoms with Gasteiger partial charge in [-0.05, 0) is 78.0 Å². The first-order valence-corrected chi connectivity index (χ1v) is 15.7. The van der Waals surface area contributed by atoms with Crippen LogP contribution in [0, 0.1) is 17.9 Å². The van der Waals surface area contributed by atoms with Crippen LogP contribution >= 0.6 is 0 Å². The van der Waals surface area contributed by atoms with Crippen LogP contribution < -0.4 is 0 Å². The quantitative estimate of drug-likeness (QED) is 0.128. The van der Waals surface area contributed by atoms with Crippen molar-refractivity contribution in [2.45, 2.75) is 97.3 Å². The predicted octanol–water partition coefficient (Wildman–Crippen LogP) is 10.5. The first-order chi connectivity index (χ1) is 19.9. The number of benzene rings is 3. The topological polar surface area (TPSA) is 50.2 Å². The van der Waals surface area contributed by atoms with E-state index in [0.29, 0.717) is 5.76 Å². The zero-order valence-electron chi connectivity index (χ0n) is 24.9. The van der Waals surface area contributed by atoms with Crippen LogP contribution in [0.2, 0.25) is 0 Å². The van der Waals surface area contributed by atoms with Gasteiger partial charge in [0.1, 0.15) is 0 Å². The second kappa shape index (κ2) is 14.3. The van der Waals surface area contributed by atoms with E-state index in [-0.39, 0.29) is 50.6 Å². The molecule has 0 atom stereocenters. The molecular weight excluding hydrogens is 707 g/mol. The fraction of sp³-hybridized carbons (Fsp3) is 0.436. The number of ketones is 1. The van der Waals surface area contributed by atoms with E-state index in [9.17, 15) is 9.90 Å². The second-order valence-corrected chi connectivity index (χ2v) is 13.0. The molecule has 2 fully saturated rings. The van der Waals surface area contributed by atoms with Crippen LogP contribution in [-0.4, -0.2) is 15.9 Å². The van der Waals surface area contributed by atoms with Crippen LogP contribution in [-0.2, 0) is 36.7 Å². The molecule has 0 amide bonds. The number of nitrogens with zero attached hydrogens (tertiary/aromatic N) is 1. The first-order valence-electron chi connectivity index (χ1n) is 15.7. The third kappa shape index (κ3) is 6.97. The molecule has 1 heterocycles. The molecule has 4 aromatic rings. The molecule has 3 aromatic carbocycles. The summed E-state index contributed by atoms with van der Waals surface area (Å²) >= 11 is 0. The number of hydrogen-bond donors (Lipinski definition) is 1. The summed E-state index contributed by atoms with van der Waals surface area (Å²) in [7, 11) is 0. The Hall–Kier alpha value is -2.81. The summed E-state index contributed by atoms with van der Waals surface area (Å²) in [5.41, 5.74) is 5.18. The maximum absolute atomic E-state index is 11.8. The van der Waals surface area contributed by atoms with E-state index >= 15 is 0 Å². The number of carbonyl (C=O) groups is 1. The molecule has 0 unspecified atom stereocenters. The number of hydrogen-bond acceptors (Lipinski definition) is 3. The maximum Gasteiger partial charge on any atom is 0.162 e. The molecule has 0 bridgehead atoms. The Labute approximate surface area is 271 Å². The first kappa shape index (κ1) is 33.1. The van der Waals surface area contributed by atoms with Gasteiger partial charge in [-0.25, -0.2) is 0 Å². The van der Waals surface area contributed by atoms with Crippen LogP contribution in [0.4, 0.5) is 0 Å². The predicted molar refractivity (Wildman–Crippen MR) is 176 cm³/mol. The Balaban J connectivity index is 0.000000215. The zero-order chi connectivity index (χ0) is 28.4. The van der Waals surface area contributed by atoms with Gasteiger partial charge in [0.25, 0.3) is 0 Å². The Morgan fingerprint density at radius 3 is 2.33 bits per heavy atom. The molecule has 1 radical (unpaired) electrons. The number of aryl methyl sites for hydroxylation is 1. The van der Waals surface area contributed by atoms with Crippen molar-refractivity contribution in [3.8, 4) is 11.3 Å². The van der Waals surface area contributed by atoms with Gasteiger partial charge >= 0.3 is 0 Å². The number of carbonyl (C=O) groups excluding carboxylic acids is 1. The Morgan fingerprint density at radius 1 is 0.907 bits per heavy atom. The van der Waals surface area contributed by atoms with Crippen molar-refractivity contribution in [2.75, 3.05) is 0 Å². The van der Waals surface area contributed by atoms with Gasteiger partial charge in [-0.15, -0.1) is 29.1 Å². The van der Waals surface area contributed by atoms with Crippen LogP contribution in [0.25, 0.3) is 32.8 Å². The summed E-state index contributed by atoms with van der Waals surface area (Å²) in [5.74, 6) is 0.991. The molecule has 3 aliphatic carbocycles. The van der Waals surface area contributed by atoms with Crippen LogP contribution in [0.3, 0.4) is 0 Å². The van der Waals surface area contributed by atoms with Gasteiger partial charge in [-0.2, -0.15) is 0 Å². The summed E-state index contributed by atoms with van der Waals surface area (Å²) in [6.45, 7) is 4.71. The van der Waals surface area contributed by atoms with E-state index in [0.717, 1.165) is 43.4 Å². The molecule has 0 saturated heterocycles. The molecular formula is C39H46IrNO2-. The normalized spacial score (nSPS) is 18.3. The molecule has 1 N–H and O–H groups in total. The van der Waals surface area contributed by atoms with E-state index in [4.69, 9.17) is 4.98 Å². The average Bonchev–Trinajstić information content (AvgIpc) is 3.70. The molecule has 1 aromatic heterocycles. The maximum atomic E-state index is 11.8. The molecule has 3 nitrogen and oxygen atoms in total. The second-order valence-electron chi connectivity index (χ2n) is 13.0. The smallest absolute Gasteiger partial charge is 0.162 e. The summed E-state index contributed by atoms with van der Waals surface area (Å²) in [5, 5.41) is 15.0. The molecule has 43 heavy (non-hydrogen) atoms. The minimum Gasteiger partial charge on any atom is -0.512 e. The van der Waals surface area contributed by atoms with E-state index in [1.807, 2.05) is 6.07 Å². The summed E-state index contributed by atoms with van der Waals surface area (Å²) in [4.78, 5) is 16.8. The Bertz CT molecular complexity index is 1590. The number of allylic oxidation sites excluding steroid dienone is 2. The molecule has 4 heteroatoms. The van der Waals surface area contributed by atoms with E-state index < -0.39 is 0 Å². The van der Waals surface area contributed by atoms with Crippen molar-refractivity contribution >= 4 is 27.3 Å². The van der Waals surface area contributed by atoms with Gasteiger partial charge in [0.05, 0.1) is 5.76 Å². The molecule has 7 rings (SSSR count). The summed E-state index contributed by atoms with van der Waals surface area (Å²) in [6.07, 6.45) is 16.1. The van der Waals surface area contributed by atoms with Crippen LogP contribution in [0.1, 0.15) is 96.6 Å². The molecule has 2 saturated carbocycles. The third-order valence-corrected chi connectivity index (χ3v) is 9.75. The SMILES string of the molecule is C.CC1(C)CCCc2cccc3c(-c4[c-]ccc5ccccc45)ncc1c23.O=C(C=C(O)C1CCCC1)C1CCCC1.[Ir]. The van der Waals surface area contributed by atoms with Gasteiger partial charge in [-0.3, -0.25) is 4.79 Å². The van der Waals surface area contributed by atoms with E-state index in [2.05, 4.69) is 74.6 Å². The van der Waals surface area contributed by atoms with Gasteiger partial charge in [-0.1, -0.05) is 94.8 Å². The van der Waals surface area contributed by atoms with Crippen molar-refractivity contribution in [2.24, 2.45) is 11.8 Å². The number of rotatable bonds is 4. The molecule has 0 aliphatic heterocycles. The summed E-state index contributed by atoms with van der Waals surface area (Å²) in [6, 6.07) is 22.9. The Kier molecular flexibility index (Phi) is 11.0. The van der Waals surface area contributed by atoms with Crippen molar-refractivity contribution < 1.29 is 30.0 Å². The zero-order valence-corrected chi connectivity index (χ0v) is 27.3. The molecule has 3 aliphatic rings. The number of aliphatic hydroxyl groups excluding tert-OH is 1. The van der Waals surface area contributed by atoms with Crippen molar-refractivity contribution in [1.82, 2.24) is 4.98 Å². The van der Waals surface area contributed by atoms with Crippen molar-refractivity contribution in [3.63, 3.8) is 0 Å². The number of aliphatic hydroxyl groups is 1. The van der Waals surface area contributed by atoms with Gasteiger partial charge in [0.15, 0.2) is 5.78 Å². The van der Waals surface area contributed by atoms with Crippen LogP contribution in [0.5, 0.6) is 0 Å². The summed E-state index contributed by atoms with van der Waals surface area (Å²) < 4.78 is 0. The number of fused-ring (bicyclic) bond motifs is 1. The third-order valence-electron chi connectivity index (χ3n) is 9.75. The van der Waals surface area contributed by atoms with Crippen molar-refractivity contribution in [1.29, 1.82) is 0 Å². The van der Waals surface area contributed by atoms with Gasteiger partial charge < -0.3 is 10.1 Å². The van der Waals surface area contributed by atoms with E-state index in [1.165, 1.54) is 77.3 Å². The molecule has 0 spiro atoms. The largest absolute Gasteiger partial charge is 0.512 e. The standard InChI is InChI=1S/C25H22N.C13H20O2.CH4.Ir/c1-25(2)15-7-11-18-10-6-14-21-23(18)22(25)16-26-24(21)20-13-5-9-17-8-3-4-12-19(17)20;14-12(10-5-1-2-6-10)9-13(15)11-7-3-4-8-11;;/h3-6,8-10,12,14,16H,7,11,15H2,1-2H3;9-11,14H,1-8H2;1H4;/q-1;;;. The van der Waals surface area contributed by atoms with Crippen LogP contribution in [0.15, 0.2) is 72.6 Å². The molecule has 229 valence electrons. The minimum absolute atomic E-state index is 0. The van der Waals surface area contributed by atoms with E-state index in [1.54, 1.807) is 0 Å². The number of aromatic nitrogens is 1. The number of pyridine rings is 1. The average molecular weight is 753 g/mol. The monoisotopic (exact) mass is 753 g/mol. The van der Waals surface area contributed by atoms with Gasteiger partial charge in [0.2, 0.25) is 0 Å². The van der Waals surface area contributed by atoms with Gasteiger partial charge in [0, 0.05) is 44.2 Å². The minimum atomic E-state index is 0.